The Balaban J connectivity index is 2.28. The Morgan fingerprint density at radius 1 is 1.29 bits per heavy atom. The molecule has 0 bridgehead atoms. The number of nitro groups is 1. The lowest BCUT2D eigenvalue weighted by atomic mass is 10.1. The SMILES string of the molecule is CCC(O)c1ccc(Oc2c(Cl)cccc2[N+](=O)[O-])cc1. The number of nitrogens with zero attached hydrogens (tertiary/aromatic N) is 1. The smallest absolute Gasteiger partial charge is 0.313 e. The highest BCUT2D eigenvalue weighted by Crippen LogP contribution is 2.37. The third-order valence-corrected chi connectivity index (χ3v) is 3.31. The molecule has 0 fully saturated rings. The molecule has 0 saturated carbocycles. The summed E-state index contributed by atoms with van der Waals surface area (Å²) < 4.78 is 5.51. The fraction of sp³-hybridized carbons (Fsp3) is 0.200. The third kappa shape index (κ3) is 3.51. The number of hydrogen-bond acceptors (Lipinski definition) is 4. The molecule has 0 heterocycles. The molecule has 0 spiro atoms. The molecular weight excluding hydrogens is 294 g/mol. The molecule has 1 N–H and O–H groups in total. The van der Waals surface area contributed by atoms with E-state index in [9.17, 15) is 15.2 Å². The zero-order valence-electron chi connectivity index (χ0n) is 11.3. The summed E-state index contributed by atoms with van der Waals surface area (Å²) in [4.78, 5) is 10.4. The number of aliphatic hydroxyl groups is 1. The predicted octanol–water partition coefficient (Wildman–Crippen LogP) is 4.48. The van der Waals surface area contributed by atoms with Crippen LogP contribution in [0.1, 0.15) is 25.0 Å². The van der Waals surface area contributed by atoms with Crippen molar-refractivity contribution in [3.8, 4) is 11.5 Å². The molecule has 2 aromatic carbocycles. The van der Waals surface area contributed by atoms with Crippen LogP contribution in [-0.4, -0.2) is 10.0 Å². The van der Waals surface area contributed by atoms with Crippen LogP contribution in [0.3, 0.4) is 0 Å². The molecule has 0 saturated heterocycles. The van der Waals surface area contributed by atoms with E-state index < -0.39 is 11.0 Å². The molecule has 0 aliphatic rings. The Hall–Kier alpha value is -2.11. The van der Waals surface area contributed by atoms with Gasteiger partial charge in [-0.05, 0) is 30.2 Å². The van der Waals surface area contributed by atoms with Crippen LogP contribution in [0.15, 0.2) is 42.5 Å². The molecule has 0 radical (unpaired) electrons. The molecular formula is C15H14ClNO4. The Morgan fingerprint density at radius 3 is 2.52 bits per heavy atom. The summed E-state index contributed by atoms with van der Waals surface area (Å²) in [6.07, 6.45) is 0.0737. The van der Waals surface area contributed by atoms with Crippen LogP contribution in [0.2, 0.25) is 5.02 Å². The standard InChI is InChI=1S/C15H14ClNO4/c1-2-14(18)10-6-8-11(9-7-10)21-15-12(16)4-3-5-13(15)17(19)20/h3-9,14,18H,2H2,1H3. The number of benzene rings is 2. The van der Waals surface area contributed by atoms with Crippen LogP contribution < -0.4 is 4.74 Å². The van der Waals surface area contributed by atoms with E-state index in [1.165, 1.54) is 18.2 Å². The van der Waals surface area contributed by atoms with Gasteiger partial charge in [-0.25, -0.2) is 0 Å². The first-order valence-corrected chi connectivity index (χ1v) is 6.79. The van der Waals surface area contributed by atoms with Gasteiger partial charge in [0.1, 0.15) is 5.75 Å². The molecule has 6 heteroatoms. The maximum Gasteiger partial charge on any atom is 0.313 e. The van der Waals surface area contributed by atoms with Crippen molar-refractivity contribution in [3.63, 3.8) is 0 Å². The van der Waals surface area contributed by atoms with E-state index in [1.807, 2.05) is 6.92 Å². The normalized spacial score (nSPS) is 12.0. The summed E-state index contributed by atoms with van der Waals surface area (Å²) in [5.41, 5.74) is 0.568. The number of ether oxygens (including phenoxy) is 1. The van der Waals surface area contributed by atoms with Crippen molar-refractivity contribution in [1.82, 2.24) is 0 Å². The number of para-hydroxylation sites is 1. The maximum absolute atomic E-state index is 11.0. The first-order chi connectivity index (χ1) is 10.0. The van der Waals surface area contributed by atoms with Crippen LogP contribution in [0.5, 0.6) is 11.5 Å². The Kier molecular flexibility index (Phi) is 4.77. The van der Waals surface area contributed by atoms with E-state index >= 15 is 0 Å². The monoisotopic (exact) mass is 307 g/mol. The molecule has 110 valence electrons. The molecule has 1 atom stereocenters. The van der Waals surface area contributed by atoms with E-state index in [0.29, 0.717) is 12.2 Å². The zero-order valence-corrected chi connectivity index (χ0v) is 12.1. The lowest BCUT2D eigenvalue weighted by Crippen LogP contribution is -1.96. The van der Waals surface area contributed by atoms with Crippen molar-refractivity contribution >= 4 is 17.3 Å². The molecule has 1 unspecified atom stereocenters. The molecule has 0 aliphatic carbocycles. The minimum Gasteiger partial charge on any atom is -0.449 e. The quantitative estimate of drug-likeness (QED) is 0.652. The van der Waals surface area contributed by atoms with Gasteiger partial charge in [0.2, 0.25) is 5.75 Å². The number of hydrogen-bond donors (Lipinski definition) is 1. The second-order valence-electron chi connectivity index (χ2n) is 4.44. The highest BCUT2D eigenvalue weighted by Gasteiger charge is 2.19. The van der Waals surface area contributed by atoms with Gasteiger partial charge in [0.15, 0.2) is 0 Å². The van der Waals surface area contributed by atoms with E-state index in [-0.39, 0.29) is 16.5 Å². The zero-order chi connectivity index (χ0) is 15.4. The van der Waals surface area contributed by atoms with Gasteiger partial charge < -0.3 is 9.84 Å². The fourth-order valence-electron chi connectivity index (χ4n) is 1.85. The van der Waals surface area contributed by atoms with Crippen molar-refractivity contribution in [3.05, 3.63) is 63.2 Å². The molecule has 5 nitrogen and oxygen atoms in total. The molecule has 2 rings (SSSR count). The maximum atomic E-state index is 11.0. The van der Waals surface area contributed by atoms with E-state index in [2.05, 4.69) is 0 Å². The first kappa shape index (κ1) is 15.3. The minimum absolute atomic E-state index is 0.00737. The van der Waals surface area contributed by atoms with Gasteiger partial charge >= 0.3 is 5.69 Å². The van der Waals surface area contributed by atoms with Crippen molar-refractivity contribution in [2.24, 2.45) is 0 Å². The van der Waals surface area contributed by atoms with Gasteiger partial charge in [0, 0.05) is 6.07 Å². The molecule has 0 aromatic heterocycles. The van der Waals surface area contributed by atoms with Crippen LogP contribution >= 0.6 is 11.6 Å². The van der Waals surface area contributed by atoms with Gasteiger partial charge in [-0.2, -0.15) is 0 Å². The summed E-state index contributed by atoms with van der Waals surface area (Å²) in [7, 11) is 0. The number of halogens is 1. The number of rotatable bonds is 5. The largest absolute Gasteiger partial charge is 0.449 e. The Bertz CT molecular complexity index is 643. The highest BCUT2D eigenvalue weighted by molar-refractivity contribution is 6.32. The Labute approximate surface area is 126 Å². The van der Waals surface area contributed by atoms with Gasteiger partial charge in [0.05, 0.1) is 16.0 Å². The van der Waals surface area contributed by atoms with Crippen LogP contribution in [0, 0.1) is 10.1 Å². The topological polar surface area (TPSA) is 72.6 Å². The minimum atomic E-state index is -0.545. The fourth-order valence-corrected chi connectivity index (χ4v) is 2.06. The summed E-state index contributed by atoms with van der Waals surface area (Å²) in [5, 5.41) is 20.9. The van der Waals surface area contributed by atoms with E-state index in [0.717, 1.165) is 5.56 Å². The van der Waals surface area contributed by atoms with Gasteiger partial charge in [-0.3, -0.25) is 10.1 Å². The second-order valence-corrected chi connectivity index (χ2v) is 4.85. The van der Waals surface area contributed by atoms with Crippen molar-refractivity contribution < 1.29 is 14.8 Å². The summed E-state index contributed by atoms with van der Waals surface area (Å²) >= 11 is 5.96. The van der Waals surface area contributed by atoms with Crippen molar-refractivity contribution in [2.45, 2.75) is 19.4 Å². The van der Waals surface area contributed by atoms with E-state index in [4.69, 9.17) is 16.3 Å². The van der Waals surface area contributed by atoms with Crippen molar-refractivity contribution in [2.75, 3.05) is 0 Å². The molecule has 0 amide bonds. The summed E-state index contributed by atoms with van der Waals surface area (Å²) in [6, 6.07) is 11.1. The van der Waals surface area contributed by atoms with Gasteiger partial charge in [-0.15, -0.1) is 0 Å². The van der Waals surface area contributed by atoms with Gasteiger partial charge in [0.25, 0.3) is 0 Å². The van der Waals surface area contributed by atoms with Crippen LogP contribution in [-0.2, 0) is 0 Å². The predicted molar refractivity (Wildman–Crippen MR) is 79.9 cm³/mol. The lowest BCUT2D eigenvalue weighted by Gasteiger charge is -2.11. The van der Waals surface area contributed by atoms with Crippen molar-refractivity contribution in [1.29, 1.82) is 0 Å². The lowest BCUT2D eigenvalue weighted by molar-refractivity contribution is -0.385. The molecule has 0 aliphatic heterocycles. The first-order valence-electron chi connectivity index (χ1n) is 6.41. The summed E-state index contributed by atoms with van der Waals surface area (Å²) in [6.45, 7) is 1.88. The highest BCUT2D eigenvalue weighted by atomic mass is 35.5. The third-order valence-electron chi connectivity index (χ3n) is 3.01. The molecule has 21 heavy (non-hydrogen) atoms. The van der Waals surface area contributed by atoms with E-state index in [1.54, 1.807) is 24.3 Å². The van der Waals surface area contributed by atoms with Gasteiger partial charge in [-0.1, -0.05) is 36.7 Å². The average molecular weight is 308 g/mol. The summed E-state index contributed by atoms with van der Waals surface area (Å²) in [5.74, 6) is 0.422. The Morgan fingerprint density at radius 2 is 1.95 bits per heavy atom. The number of nitro benzene ring substituents is 1. The number of aliphatic hydroxyl groups excluding tert-OH is 1. The molecule has 2 aromatic rings. The second kappa shape index (κ2) is 6.56. The average Bonchev–Trinajstić information content (AvgIpc) is 2.49. The van der Waals surface area contributed by atoms with Crippen LogP contribution in [0.4, 0.5) is 5.69 Å². The van der Waals surface area contributed by atoms with Crippen LogP contribution in [0.25, 0.3) is 0 Å².